The Hall–Kier alpha value is -4.13. The third kappa shape index (κ3) is 5.92. The van der Waals surface area contributed by atoms with Crippen LogP contribution in [0.4, 0.5) is 0 Å². The van der Waals surface area contributed by atoms with Crippen LogP contribution in [0.3, 0.4) is 0 Å². The molecule has 0 unspecified atom stereocenters. The zero-order valence-electron chi connectivity index (χ0n) is 20.5. The standard InChI is InChI=1S/C29H29NO6/c1-34-26-16-23-14-15-30(18-24(23)17-27(26)35-2)28(32)19-36-29(33)13-12-25(31)22-10-8-21(9-11-22)20-6-4-3-5-7-20/h3-11,16-17H,12-15,18-19H2,1-2H3. The van der Waals surface area contributed by atoms with Crippen LogP contribution in [0.5, 0.6) is 11.5 Å². The zero-order chi connectivity index (χ0) is 25.5. The lowest BCUT2D eigenvalue weighted by atomic mass is 9.99. The van der Waals surface area contributed by atoms with Crippen LogP contribution in [-0.4, -0.2) is 49.9 Å². The van der Waals surface area contributed by atoms with Crippen LogP contribution in [0.25, 0.3) is 11.1 Å². The molecule has 7 heteroatoms. The van der Waals surface area contributed by atoms with Crippen LogP contribution in [-0.2, 0) is 27.3 Å². The summed E-state index contributed by atoms with van der Waals surface area (Å²) in [6.45, 7) is 0.585. The molecule has 1 aliphatic heterocycles. The van der Waals surface area contributed by atoms with Crippen molar-refractivity contribution in [3.05, 3.63) is 83.4 Å². The number of Topliss-reactive ketones (excluding diaryl/α,β-unsaturated/α-hetero) is 1. The Bertz CT molecular complexity index is 1240. The average molecular weight is 488 g/mol. The van der Waals surface area contributed by atoms with Gasteiger partial charge < -0.3 is 19.1 Å². The highest BCUT2D eigenvalue weighted by Gasteiger charge is 2.24. The van der Waals surface area contributed by atoms with Crippen LogP contribution < -0.4 is 9.47 Å². The molecule has 186 valence electrons. The monoisotopic (exact) mass is 487 g/mol. The van der Waals surface area contributed by atoms with Gasteiger partial charge in [-0.15, -0.1) is 0 Å². The van der Waals surface area contributed by atoms with Gasteiger partial charge in [-0.05, 0) is 40.8 Å². The molecule has 3 aromatic carbocycles. The number of methoxy groups -OCH3 is 2. The molecule has 3 aromatic rings. The Morgan fingerprint density at radius 1 is 0.806 bits per heavy atom. The van der Waals surface area contributed by atoms with Gasteiger partial charge in [0.2, 0.25) is 0 Å². The van der Waals surface area contributed by atoms with E-state index in [1.165, 1.54) is 0 Å². The summed E-state index contributed by atoms with van der Waals surface area (Å²) < 4.78 is 15.9. The molecule has 4 rings (SSSR count). The van der Waals surface area contributed by atoms with Gasteiger partial charge in [0.1, 0.15) is 0 Å². The van der Waals surface area contributed by atoms with Crippen molar-refractivity contribution in [3.63, 3.8) is 0 Å². The van der Waals surface area contributed by atoms with E-state index in [0.717, 1.165) is 22.3 Å². The summed E-state index contributed by atoms with van der Waals surface area (Å²) >= 11 is 0. The van der Waals surface area contributed by atoms with Crippen LogP contribution in [0.1, 0.15) is 34.3 Å². The molecule has 0 bridgehead atoms. The second-order valence-corrected chi connectivity index (χ2v) is 8.57. The molecule has 0 atom stereocenters. The van der Waals surface area contributed by atoms with E-state index in [-0.39, 0.29) is 31.1 Å². The minimum atomic E-state index is -0.568. The molecule has 0 saturated carbocycles. The van der Waals surface area contributed by atoms with E-state index < -0.39 is 5.97 Å². The third-order valence-electron chi connectivity index (χ3n) is 6.30. The van der Waals surface area contributed by atoms with Crippen LogP contribution in [0.2, 0.25) is 0 Å². The first-order chi connectivity index (χ1) is 17.5. The first-order valence-electron chi connectivity index (χ1n) is 11.8. The lowest BCUT2D eigenvalue weighted by Crippen LogP contribution is -2.38. The van der Waals surface area contributed by atoms with Crippen molar-refractivity contribution in [3.8, 4) is 22.6 Å². The van der Waals surface area contributed by atoms with Crippen molar-refractivity contribution in [2.24, 2.45) is 0 Å². The number of hydrogen-bond donors (Lipinski definition) is 0. The van der Waals surface area contributed by atoms with Gasteiger partial charge in [0.05, 0.1) is 20.6 Å². The van der Waals surface area contributed by atoms with E-state index in [1.807, 2.05) is 54.6 Å². The molecule has 0 radical (unpaired) electrons. The van der Waals surface area contributed by atoms with E-state index >= 15 is 0 Å². The summed E-state index contributed by atoms with van der Waals surface area (Å²) in [6.07, 6.45) is 0.621. The maximum atomic E-state index is 12.6. The summed E-state index contributed by atoms with van der Waals surface area (Å²) in [6, 6.07) is 21.0. The third-order valence-corrected chi connectivity index (χ3v) is 6.30. The molecule has 1 heterocycles. The van der Waals surface area contributed by atoms with Crippen LogP contribution in [0.15, 0.2) is 66.7 Å². The molecule has 7 nitrogen and oxygen atoms in total. The van der Waals surface area contributed by atoms with Gasteiger partial charge in [0, 0.05) is 25.1 Å². The molecule has 1 aliphatic rings. The predicted molar refractivity (Wildman–Crippen MR) is 135 cm³/mol. The zero-order valence-corrected chi connectivity index (χ0v) is 20.5. The van der Waals surface area contributed by atoms with Crippen LogP contribution in [0, 0.1) is 0 Å². The van der Waals surface area contributed by atoms with Crippen molar-refractivity contribution in [2.45, 2.75) is 25.8 Å². The summed E-state index contributed by atoms with van der Waals surface area (Å²) in [4.78, 5) is 39.0. The lowest BCUT2D eigenvalue weighted by molar-refractivity contribution is -0.152. The van der Waals surface area contributed by atoms with Crippen molar-refractivity contribution in [1.82, 2.24) is 4.90 Å². The first kappa shape index (κ1) is 25.0. The van der Waals surface area contributed by atoms with E-state index in [2.05, 4.69) is 0 Å². The summed E-state index contributed by atoms with van der Waals surface area (Å²) in [5.41, 5.74) is 4.70. The largest absolute Gasteiger partial charge is 0.493 e. The Kier molecular flexibility index (Phi) is 8.00. The molecule has 0 saturated heterocycles. The van der Waals surface area contributed by atoms with Gasteiger partial charge in [-0.2, -0.15) is 0 Å². The van der Waals surface area contributed by atoms with Crippen molar-refractivity contribution >= 4 is 17.7 Å². The molecular weight excluding hydrogens is 458 g/mol. The number of carbonyl (C=O) groups excluding carboxylic acids is 3. The van der Waals surface area contributed by atoms with Gasteiger partial charge in [0.15, 0.2) is 23.9 Å². The first-order valence-corrected chi connectivity index (χ1v) is 11.8. The Morgan fingerprint density at radius 2 is 1.44 bits per heavy atom. The highest BCUT2D eigenvalue weighted by molar-refractivity contribution is 5.98. The molecule has 0 spiro atoms. The van der Waals surface area contributed by atoms with E-state index in [0.29, 0.717) is 36.6 Å². The average Bonchev–Trinajstić information content (AvgIpc) is 2.93. The summed E-state index contributed by atoms with van der Waals surface area (Å²) in [7, 11) is 3.16. The molecule has 0 aliphatic carbocycles. The molecule has 1 amide bonds. The smallest absolute Gasteiger partial charge is 0.306 e. The number of benzene rings is 3. The summed E-state index contributed by atoms with van der Waals surface area (Å²) in [5.74, 6) is 0.283. The fourth-order valence-electron chi connectivity index (χ4n) is 4.24. The number of esters is 1. The van der Waals surface area contributed by atoms with Crippen molar-refractivity contribution in [2.75, 3.05) is 27.4 Å². The topological polar surface area (TPSA) is 82.1 Å². The van der Waals surface area contributed by atoms with E-state index in [1.54, 1.807) is 31.3 Å². The maximum Gasteiger partial charge on any atom is 0.306 e. The number of nitrogens with zero attached hydrogens (tertiary/aromatic N) is 1. The van der Waals surface area contributed by atoms with Gasteiger partial charge in [0.25, 0.3) is 5.91 Å². The van der Waals surface area contributed by atoms with Gasteiger partial charge in [-0.1, -0.05) is 54.6 Å². The normalized spacial score (nSPS) is 12.4. The fourth-order valence-corrected chi connectivity index (χ4v) is 4.24. The number of ketones is 1. The quantitative estimate of drug-likeness (QED) is 0.327. The molecule has 0 fully saturated rings. The van der Waals surface area contributed by atoms with Gasteiger partial charge in [-0.25, -0.2) is 0 Å². The second-order valence-electron chi connectivity index (χ2n) is 8.57. The number of carbonyl (C=O) groups is 3. The Labute approximate surface area is 210 Å². The molecule has 0 aromatic heterocycles. The highest BCUT2D eigenvalue weighted by Crippen LogP contribution is 2.33. The number of fused-ring (bicyclic) bond motifs is 1. The highest BCUT2D eigenvalue weighted by atomic mass is 16.5. The minimum absolute atomic E-state index is 0.0242. The van der Waals surface area contributed by atoms with Crippen LogP contribution >= 0.6 is 0 Å². The van der Waals surface area contributed by atoms with Gasteiger partial charge in [-0.3, -0.25) is 14.4 Å². The second kappa shape index (κ2) is 11.5. The van der Waals surface area contributed by atoms with Crippen molar-refractivity contribution < 1.29 is 28.6 Å². The van der Waals surface area contributed by atoms with E-state index in [4.69, 9.17) is 14.2 Å². The Morgan fingerprint density at radius 3 is 2.11 bits per heavy atom. The number of rotatable bonds is 9. The van der Waals surface area contributed by atoms with E-state index in [9.17, 15) is 14.4 Å². The Balaban J connectivity index is 1.24. The molecule has 0 N–H and O–H groups in total. The number of hydrogen-bond acceptors (Lipinski definition) is 6. The maximum absolute atomic E-state index is 12.6. The lowest BCUT2D eigenvalue weighted by Gasteiger charge is -2.29. The number of amides is 1. The minimum Gasteiger partial charge on any atom is -0.493 e. The SMILES string of the molecule is COc1cc2c(cc1OC)CN(C(=O)COC(=O)CCC(=O)c1ccc(-c3ccccc3)cc1)CC2. The number of ether oxygens (including phenoxy) is 3. The molecular formula is C29H29NO6. The molecule has 36 heavy (non-hydrogen) atoms. The predicted octanol–water partition coefficient (Wildman–Crippen LogP) is 4.46. The fraction of sp³-hybridized carbons (Fsp3) is 0.276. The van der Waals surface area contributed by atoms with Gasteiger partial charge >= 0.3 is 5.97 Å². The van der Waals surface area contributed by atoms with Crippen molar-refractivity contribution in [1.29, 1.82) is 0 Å². The summed E-state index contributed by atoms with van der Waals surface area (Å²) in [5, 5.41) is 0.